The normalized spacial score (nSPS) is 17.3. The van der Waals surface area contributed by atoms with Gasteiger partial charge in [0.25, 0.3) is 0 Å². The van der Waals surface area contributed by atoms with Crippen molar-refractivity contribution in [3.8, 4) is 0 Å². The first-order valence-electron chi connectivity index (χ1n) is 4.45. The molecule has 1 amide bonds. The van der Waals surface area contributed by atoms with Gasteiger partial charge in [-0.05, 0) is 20.8 Å². The van der Waals surface area contributed by atoms with E-state index in [0.29, 0.717) is 19.6 Å². The molecule has 1 aliphatic rings. The van der Waals surface area contributed by atoms with E-state index in [9.17, 15) is 4.79 Å². The van der Waals surface area contributed by atoms with Crippen molar-refractivity contribution < 1.29 is 9.53 Å². The fourth-order valence-corrected chi connectivity index (χ4v) is 1.01. The van der Waals surface area contributed by atoms with Crippen molar-refractivity contribution in [2.45, 2.75) is 26.4 Å². The fourth-order valence-electron chi connectivity index (χ4n) is 1.01. The molecule has 4 nitrogen and oxygen atoms in total. The highest BCUT2D eigenvalue weighted by Gasteiger charge is 2.21. The van der Waals surface area contributed by atoms with Crippen LogP contribution < -0.4 is 0 Å². The van der Waals surface area contributed by atoms with Crippen molar-refractivity contribution >= 4 is 12.3 Å². The van der Waals surface area contributed by atoms with Gasteiger partial charge in [-0.3, -0.25) is 4.99 Å². The van der Waals surface area contributed by atoms with Gasteiger partial charge in [0.2, 0.25) is 0 Å². The minimum atomic E-state index is -0.411. The molecule has 0 fully saturated rings. The lowest BCUT2D eigenvalue weighted by molar-refractivity contribution is 0.0280. The maximum Gasteiger partial charge on any atom is 0.410 e. The van der Waals surface area contributed by atoms with Crippen LogP contribution in [0.3, 0.4) is 0 Å². The van der Waals surface area contributed by atoms with Gasteiger partial charge in [-0.2, -0.15) is 0 Å². The Hall–Kier alpha value is -1.06. The first-order valence-corrected chi connectivity index (χ1v) is 4.45. The SMILES string of the molecule is CC(C)(C)OC(=O)N1CC=NCC1. The average molecular weight is 184 g/mol. The molecule has 0 aromatic carbocycles. The Bertz CT molecular complexity index is 218. The number of hydrogen-bond donors (Lipinski definition) is 0. The molecule has 1 aliphatic heterocycles. The fraction of sp³-hybridized carbons (Fsp3) is 0.778. The number of rotatable bonds is 0. The van der Waals surface area contributed by atoms with Crippen LogP contribution in [0.1, 0.15) is 20.8 Å². The van der Waals surface area contributed by atoms with E-state index < -0.39 is 5.60 Å². The van der Waals surface area contributed by atoms with Crippen LogP contribution in [0.5, 0.6) is 0 Å². The van der Waals surface area contributed by atoms with Crippen LogP contribution >= 0.6 is 0 Å². The van der Waals surface area contributed by atoms with E-state index in [1.165, 1.54) is 0 Å². The summed E-state index contributed by atoms with van der Waals surface area (Å²) in [4.78, 5) is 17.1. The van der Waals surface area contributed by atoms with E-state index in [-0.39, 0.29) is 6.09 Å². The monoisotopic (exact) mass is 184 g/mol. The number of hydrogen-bond acceptors (Lipinski definition) is 3. The van der Waals surface area contributed by atoms with E-state index in [1.54, 1.807) is 11.1 Å². The molecule has 1 rings (SSSR count). The molecular weight excluding hydrogens is 168 g/mol. The molecule has 4 heteroatoms. The van der Waals surface area contributed by atoms with E-state index in [1.807, 2.05) is 20.8 Å². The number of nitrogens with zero attached hydrogens (tertiary/aromatic N) is 2. The van der Waals surface area contributed by atoms with Crippen LogP contribution in [-0.4, -0.2) is 42.4 Å². The van der Waals surface area contributed by atoms with Crippen LogP contribution in [-0.2, 0) is 4.74 Å². The van der Waals surface area contributed by atoms with Crippen molar-refractivity contribution in [3.05, 3.63) is 0 Å². The topological polar surface area (TPSA) is 41.9 Å². The lowest BCUT2D eigenvalue weighted by Gasteiger charge is -2.27. The third kappa shape index (κ3) is 3.44. The van der Waals surface area contributed by atoms with Gasteiger partial charge < -0.3 is 9.64 Å². The van der Waals surface area contributed by atoms with E-state index in [4.69, 9.17) is 4.74 Å². The summed E-state index contributed by atoms with van der Waals surface area (Å²) in [5, 5.41) is 0. The van der Waals surface area contributed by atoms with Gasteiger partial charge >= 0.3 is 6.09 Å². The van der Waals surface area contributed by atoms with Crippen LogP contribution in [0.15, 0.2) is 4.99 Å². The molecule has 74 valence electrons. The Morgan fingerprint density at radius 1 is 1.54 bits per heavy atom. The first-order chi connectivity index (χ1) is 5.99. The van der Waals surface area contributed by atoms with Crippen molar-refractivity contribution in [1.82, 2.24) is 4.90 Å². The molecule has 1 heterocycles. The third-order valence-corrected chi connectivity index (χ3v) is 1.58. The molecule has 0 aliphatic carbocycles. The number of amides is 1. The summed E-state index contributed by atoms with van der Waals surface area (Å²) >= 11 is 0. The minimum Gasteiger partial charge on any atom is -0.444 e. The Morgan fingerprint density at radius 3 is 2.69 bits per heavy atom. The second-order valence-corrected chi connectivity index (χ2v) is 4.02. The number of ether oxygens (including phenoxy) is 1. The van der Waals surface area contributed by atoms with Crippen LogP contribution in [0.4, 0.5) is 4.79 Å². The lowest BCUT2D eigenvalue weighted by atomic mass is 10.2. The molecule has 0 radical (unpaired) electrons. The maximum absolute atomic E-state index is 11.5. The van der Waals surface area contributed by atoms with E-state index in [2.05, 4.69) is 4.99 Å². The van der Waals surface area contributed by atoms with E-state index >= 15 is 0 Å². The summed E-state index contributed by atoms with van der Waals surface area (Å²) in [7, 11) is 0. The van der Waals surface area contributed by atoms with Gasteiger partial charge in [-0.15, -0.1) is 0 Å². The molecule has 0 unspecified atom stereocenters. The van der Waals surface area contributed by atoms with Gasteiger partial charge in [0.1, 0.15) is 5.60 Å². The van der Waals surface area contributed by atoms with E-state index in [0.717, 1.165) is 0 Å². The predicted molar refractivity (Wildman–Crippen MR) is 51.2 cm³/mol. The molecular formula is C9H16N2O2. The van der Waals surface area contributed by atoms with Gasteiger partial charge in [-0.1, -0.05) is 0 Å². The number of aliphatic imine (C=N–C) groups is 1. The summed E-state index contributed by atoms with van der Waals surface area (Å²) < 4.78 is 5.20. The molecule has 0 spiro atoms. The molecule has 0 atom stereocenters. The van der Waals surface area contributed by atoms with Crippen LogP contribution in [0.2, 0.25) is 0 Å². The van der Waals surface area contributed by atoms with Crippen LogP contribution in [0.25, 0.3) is 0 Å². The molecule has 0 saturated carbocycles. The molecule has 13 heavy (non-hydrogen) atoms. The lowest BCUT2D eigenvalue weighted by Crippen LogP contribution is -2.40. The predicted octanol–water partition coefficient (Wildman–Crippen LogP) is 1.31. The molecule has 0 bridgehead atoms. The molecule has 0 aromatic heterocycles. The van der Waals surface area contributed by atoms with Crippen molar-refractivity contribution in [3.63, 3.8) is 0 Å². The summed E-state index contributed by atoms with van der Waals surface area (Å²) in [6, 6.07) is 0. The maximum atomic E-state index is 11.5. The quantitative estimate of drug-likeness (QED) is 0.569. The van der Waals surface area contributed by atoms with Crippen molar-refractivity contribution in [1.29, 1.82) is 0 Å². The van der Waals surface area contributed by atoms with Crippen molar-refractivity contribution in [2.75, 3.05) is 19.6 Å². The van der Waals surface area contributed by atoms with Crippen molar-refractivity contribution in [2.24, 2.45) is 4.99 Å². The second-order valence-electron chi connectivity index (χ2n) is 4.02. The second kappa shape index (κ2) is 3.77. The van der Waals surface area contributed by atoms with Gasteiger partial charge in [-0.25, -0.2) is 4.79 Å². The Morgan fingerprint density at radius 2 is 2.23 bits per heavy atom. The summed E-state index contributed by atoms with van der Waals surface area (Å²) in [5.74, 6) is 0. The molecule has 0 saturated heterocycles. The number of carbonyl (C=O) groups is 1. The standard InChI is InChI=1S/C9H16N2O2/c1-9(2,3)13-8(12)11-6-4-10-5-7-11/h4H,5-7H2,1-3H3. The summed E-state index contributed by atoms with van der Waals surface area (Å²) in [6.45, 7) is 7.49. The zero-order valence-electron chi connectivity index (χ0n) is 8.41. The first kappa shape index (κ1) is 10.0. The zero-order valence-corrected chi connectivity index (χ0v) is 8.41. The van der Waals surface area contributed by atoms with Crippen LogP contribution in [0, 0.1) is 0 Å². The number of carbonyl (C=O) groups excluding carboxylic acids is 1. The largest absolute Gasteiger partial charge is 0.444 e. The van der Waals surface area contributed by atoms with Gasteiger partial charge in [0, 0.05) is 12.8 Å². The van der Waals surface area contributed by atoms with Gasteiger partial charge in [0.15, 0.2) is 0 Å². The Labute approximate surface area is 78.6 Å². The average Bonchev–Trinajstić information content (AvgIpc) is 2.03. The van der Waals surface area contributed by atoms with Gasteiger partial charge in [0.05, 0.1) is 13.1 Å². The summed E-state index contributed by atoms with van der Waals surface area (Å²) in [5.41, 5.74) is -0.411. The minimum absolute atomic E-state index is 0.251. The molecule has 0 aromatic rings. The highest BCUT2D eigenvalue weighted by Crippen LogP contribution is 2.10. The highest BCUT2D eigenvalue weighted by atomic mass is 16.6. The Kier molecular flexibility index (Phi) is 2.90. The highest BCUT2D eigenvalue weighted by molar-refractivity contribution is 5.74. The zero-order chi connectivity index (χ0) is 9.90. The smallest absolute Gasteiger partial charge is 0.410 e. The summed E-state index contributed by atoms with van der Waals surface area (Å²) in [6.07, 6.45) is 1.49. The third-order valence-electron chi connectivity index (χ3n) is 1.58. The Balaban J connectivity index is 2.43. The molecule has 0 N–H and O–H groups in total.